The summed E-state index contributed by atoms with van der Waals surface area (Å²) < 4.78 is 0.968. The third-order valence-corrected chi connectivity index (χ3v) is 7.72. The van der Waals surface area contributed by atoms with Crippen LogP contribution in [0.2, 0.25) is 0 Å². The van der Waals surface area contributed by atoms with Crippen molar-refractivity contribution in [3.8, 4) is 5.75 Å². The smallest absolute Gasteiger partial charge is 0.259 e. The molecule has 1 unspecified atom stereocenters. The Morgan fingerprint density at radius 2 is 1.84 bits per heavy atom. The highest BCUT2D eigenvalue weighted by Crippen LogP contribution is 2.45. The van der Waals surface area contributed by atoms with Crippen molar-refractivity contribution in [2.24, 2.45) is 16.3 Å². The van der Waals surface area contributed by atoms with Crippen LogP contribution in [0.15, 0.2) is 58.0 Å². The number of nitrogens with one attached hydrogen (secondary N) is 1. The van der Waals surface area contributed by atoms with Crippen LogP contribution in [0.3, 0.4) is 0 Å². The van der Waals surface area contributed by atoms with E-state index >= 15 is 0 Å². The van der Waals surface area contributed by atoms with E-state index in [1.54, 1.807) is 29.7 Å². The number of thiophene rings is 1. The van der Waals surface area contributed by atoms with E-state index in [1.165, 1.54) is 4.88 Å². The summed E-state index contributed by atoms with van der Waals surface area (Å²) in [4.78, 5) is 19.4. The van der Waals surface area contributed by atoms with Crippen LogP contribution in [0.5, 0.6) is 5.75 Å². The number of benzene rings is 2. The average Bonchev–Trinajstić information content (AvgIpc) is 3.12. The normalized spacial score (nSPS) is 16.2. The van der Waals surface area contributed by atoms with Crippen LogP contribution in [-0.2, 0) is 12.8 Å². The number of hydrogen-bond donors (Lipinski definition) is 2. The summed E-state index contributed by atoms with van der Waals surface area (Å²) in [7, 11) is 0. The van der Waals surface area contributed by atoms with Gasteiger partial charge in [0.2, 0.25) is 0 Å². The molecule has 32 heavy (non-hydrogen) atoms. The zero-order valence-electron chi connectivity index (χ0n) is 18.5. The van der Waals surface area contributed by atoms with Gasteiger partial charge >= 0.3 is 0 Å². The number of hydrogen-bond acceptors (Lipinski definition) is 4. The second-order valence-corrected chi connectivity index (χ2v) is 11.3. The zero-order valence-corrected chi connectivity index (χ0v) is 20.9. The maximum Gasteiger partial charge on any atom is 0.259 e. The first kappa shape index (κ1) is 22.7. The molecule has 1 amide bonds. The van der Waals surface area contributed by atoms with Crippen molar-refractivity contribution in [1.29, 1.82) is 0 Å². The van der Waals surface area contributed by atoms with Gasteiger partial charge in [0.05, 0.1) is 5.56 Å². The molecule has 6 heteroatoms. The van der Waals surface area contributed by atoms with Crippen molar-refractivity contribution in [3.63, 3.8) is 0 Å². The fourth-order valence-corrected chi connectivity index (χ4v) is 5.59. The van der Waals surface area contributed by atoms with Gasteiger partial charge in [-0.25, -0.2) is 4.99 Å². The number of carbonyl (C=O) groups excluding carboxylic acids is 1. The predicted octanol–water partition coefficient (Wildman–Crippen LogP) is 7.37. The molecule has 166 valence electrons. The van der Waals surface area contributed by atoms with Gasteiger partial charge in [-0.1, -0.05) is 36.7 Å². The average molecular weight is 511 g/mol. The first-order valence-corrected chi connectivity index (χ1v) is 12.4. The summed E-state index contributed by atoms with van der Waals surface area (Å²) in [6.07, 6.45) is 4.71. The molecule has 1 aromatic heterocycles. The molecule has 4 rings (SSSR count). The molecule has 0 saturated carbocycles. The van der Waals surface area contributed by atoms with E-state index in [2.05, 4.69) is 42.0 Å². The number of aliphatic imine (C=N–C) groups is 1. The van der Waals surface area contributed by atoms with Crippen LogP contribution >= 0.6 is 27.3 Å². The number of carbonyl (C=O) groups is 1. The van der Waals surface area contributed by atoms with Gasteiger partial charge in [0.1, 0.15) is 10.8 Å². The summed E-state index contributed by atoms with van der Waals surface area (Å²) >= 11 is 5.06. The molecule has 4 nitrogen and oxygen atoms in total. The molecule has 3 aromatic rings. The van der Waals surface area contributed by atoms with Gasteiger partial charge in [-0.2, -0.15) is 0 Å². The van der Waals surface area contributed by atoms with Crippen LogP contribution in [-0.4, -0.2) is 17.2 Å². The number of fused-ring (bicyclic) bond motifs is 1. The van der Waals surface area contributed by atoms with Gasteiger partial charge < -0.3 is 10.4 Å². The van der Waals surface area contributed by atoms with Crippen LogP contribution < -0.4 is 5.32 Å². The minimum absolute atomic E-state index is 0.114. The number of nitrogens with zero attached hydrogens (tertiary/aromatic N) is 1. The molecule has 0 fully saturated rings. The van der Waals surface area contributed by atoms with E-state index < -0.39 is 0 Å². The minimum atomic E-state index is -0.114. The highest BCUT2D eigenvalue weighted by molar-refractivity contribution is 9.10. The Morgan fingerprint density at radius 3 is 2.50 bits per heavy atom. The van der Waals surface area contributed by atoms with E-state index in [1.807, 2.05) is 36.4 Å². The monoisotopic (exact) mass is 510 g/mol. The lowest BCUT2D eigenvalue weighted by Crippen LogP contribution is -2.27. The number of halogens is 1. The number of anilines is 1. The second kappa shape index (κ2) is 9.20. The molecule has 0 bridgehead atoms. The molecule has 0 radical (unpaired) electrons. The SMILES string of the molecule is CC(C)(C)C1CCc2c(sc(N=Cc3ccc(O)cc3)c2C(=O)Nc2ccc(Br)cc2)C1. The van der Waals surface area contributed by atoms with E-state index in [4.69, 9.17) is 4.99 Å². The quantitative estimate of drug-likeness (QED) is 0.359. The third-order valence-electron chi connectivity index (χ3n) is 6.02. The Kier molecular flexibility index (Phi) is 6.54. The summed E-state index contributed by atoms with van der Waals surface area (Å²) in [6.45, 7) is 6.88. The Hall–Kier alpha value is -2.44. The Morgan fingerprint density at radius 1 is 1.16 bits per heavy atom. The van der Waals surface area contributed by atoms with Crippen molar-refractivity contribution in [2.45, 2.75) is 40.0 Å². The topological polar surface area (TPSA) is 61.7 Å². The van der Waals surface area contributed by atoms with Crippen molar-refractivity contribution >= 4 is 50.1 Å². The number of rotatable bonds is 4. The Labute approximate surface area is 201 Å². The van der Waals surface area contributed by atoms with Gasteiger partial charge in [-0.15, -0.1) is 11.3 Å². The number of phenolic OH excluding ortho intramolecular Hbond substituents is 1. The van der Waals surface area contributed by atoms with Crippen LogP contribution in [0, 0.1) is 11.3 Å². The highest BCUT2D eigenvalue weighted by Gasteiger charge is 2.33. The van der Waals surface area contributed by atoms with Crippen LogP contribution in [0.1, 0.15) is 53.6 Å². The lowest BCUT2D eigenvalue weighted by Gasteiger charge is -2.33. The molecule has 1 aliphatic rings. The van der Waals surface area contributed by atoms with Crippen molar-refractivity contribution in [1.82, 2.24) is 0 Å². The largest absolute Gasteiger partial charge is 0.508 e. The van der Waals surface area contributed by atoms with E-state index in [0.29, 0.717) is 11.5 Å². The first-order valence-electron chi connectivity index (χ1n) is 10.8. The van der Waals surface area contributed by atoms with E-state index in [0.717, 1.165) is 45.6 Å². The standard InChI is InChI=1S/C26H27BrN2O2S/c1-26(2,3)17-6-13-21-22(14-17)32-25(28-15-16-4-11-20(30)12-5-16)23(21)24(31)29-19-9-7-18(27)8-10-19/h4-5,7-12,15,17,30H,6,13-14H2,1-3H3,(H,29,31). The van der Waals surface area contributed by atoms with E-state index in [9.17, 15) is 9.90 Å². The molecule has 0 aliphatic heterocycles. The Balaban J connectivity index is 1.69. The summed E-state index contributed by atoms with van der Waals surface area (Å²) in [6, 6.07) is 14.5. The molecule has 1 heterocycles. The summed E-state index contributed by atoms with van der Waals surface area (Å²) in [5.41, 5.74) is 3.70. The highest BCUT2D eigenvalue weighted by atomic mass is 79.9. The van der Waals surface area contributed by atoms with Gasteiger partial charge in [0.25, 0.3) is 5.91 Å². The molecule has 2 aromatic carbocycles. The maximum absolute atomic E-state index is 13.4. The van der Waals surface area contributed by atoms with Gasteiger partial charge in [-0.05, 0) is 90.3 Å². The molecule has 1 aliphatic carbocycles. The fraction of sp³-hybridized carbons (Fsp3) is 0.308. The lowest BCUT2D eigenvalue weighted by molar-refractivity contribution is 0.102. The van der Waals surface area contributed by atoms with Gasteiger partial charge in [0, 0.05) is 21.3 Å². The Bertz CT molecular complexity index is 1140. The molecule has 0 spiro atoms. The summed E-state index contributed by atoms with van der Waals surface area (Å²) in [5.74, 6) is 0.693. The first-order chi connectivity index (χ1) is 15.2. The van der Waals surface area contributed by atoms with E-state index in [-0.39, 0.29) is 17.1 Å². The second-order valence-electron chi connectivity index (χ2n) is 9.30. The maximum atomic E-state index is 13.4. The van der Waals surface area contributed by atoms with Crippen LogP contribution in [0.25, 0.3) is 0 Å². The molecular weight excluding hydrogens is 484 g/mol. The number of amides is 1. The zero-order chi connectivity index (χ0) is 22.9. The van der Waals surface area contributed by atoms with Gasteiger partial charge in [0.15, 0.2) is 0 Å². The van der Waals surface area contributed by atoms with Gasteiger partial charge in [-0.3, -0.25) is 4.79 Å². The molecule has 2 N–H and O–H groups in total. The predicted molar refractivity (Wildman–Crippen MR) is 137 cm³/mol. The van der Waals surface area contributed by atoms with Crippen molar-refractivity contribution < 1.29 is 9.90 Å². The van der Waals surface area contributed by atoms with Crippen molar-refractivity contribution in [2.75, 3.05) is 5.32 Å². The lowest BCUT2D eigenvalue weighted by atomic mass is 9.72. The summed E-state index contributed by atoms with van der Waals surface area (Å²) in [5, 5.41) is 13.3. The number of phenols is 1. The van der Waals surface area contributed by atoms with Crippen LogP contribution in [0.4, 0.5) is 10.7 Å². The molecule has 1 atom stereocenters. The van der Waals surface area contributed by atoms with Crippen molar-refractivity contribution in [3.05, 3.63) is 74.6 Å². The fourth-order valence-electron chi connectivity index (χ4n) is 4.06. The number of aromatic hydroxyl groups is 1. The molecule has 0 saturated heterocycles. The minimum Gasteiger partial charge on any atom is -0.508 e. The molecular formula is C26H27BrN2O2S. The third kappa shape index (κ3) is 5.13.